The Morgan fingerprint density at radius 2 is 1.93 bits per heavy atom. The molecule has 0 unspecified atom stereocenters. The Labute approximate surface area is 168 Å². The molecule has 2 aromatic rings. The third-order valence-electron chi connectivity index (χ3n) is 4.40. The van der Waals surface area contributed by atoms with Crippen molar-refractivity contribution in [3.8, 4) is 0 Å². The van der Waals surface area contributed by atoms with Gasteiger partial charge in [-0.2, -0.15) is 0 Å². The maximum atomic E-state index is 13.0. The Morgan fingerprint density at radius 3 is 2.52 bits per heavy atom. The van der Waals surface area contributed by atoms with Gasteiger partial charge < -0.3 is 19.6 Å². The number of hydrogen-bond acceptors (Lipinski definition) is 7. The highest BCUT2D eigenvalue weighted by atomic mass is 16.6. The summed E-state index contributed by atoms with van der Waals surface area (Å²) in [6, 6.07) is 7.05. The number of aromatic nitrogens is 1. The van der Waals surface area contributed by atoms with Gasteiger partial charge in [-0.3, -0.25) is 19.7 Å². The fourth-order valence-electron chi connectivity index (χ4n) is 2.77. The number of benzene rings is 1. The van der Waals surface area contributed by atoms with Crippen molar-refractivity contribution in [1.29, 1.82) is 0 Å². The van der Waals surface area contributed by atoms with E-state index in [0.717, 1.165) is 13.1 Å². The van der Waals surface area contributed by atoms with Crippen LogP contribution in [0.5, 0.6) is 0 Å². The SMILES string of the molecule is CCN(CC)CCN(CC(=O)Nc1cc(C)on1)C(=O)c1cccc([N+](=O)[O-])c1. The molecule has 156 valence electrons. The number of carbonyl (C=O) groups is 2. The molecule has 1 heterocycles. The van der Waals surface area contributed by atoms with Crippen LogP contribution in [0.1, 0.15) is 30.0 Å². The minimum Gasteiger partial charge on any atom is -0.360 e. The number of hydrogen-bond donors (Lipinski definition) is 1. The zero-order chi connectivity index (χ0) is 21.4. The first-order chi connectivity index (χ1) is 13.8. The molecule has 0 aliphatic rings. The summed E-state index contributed by atoms with van der Waals surface area (Å²) >= 11 is 0. The molecular weight excluding hydrogens is 378 g/mol. The van der Waals surface area contributed by atoms with E-state index < -0.39 is 16.7 Å². The molecule has 0 saturated heterocycles. The molecule has 1 aromatic carbocycles. The van der Waals surface area contributed by atoms with Crippen LogP contribution in [-0.2, 0) is 4.79 Å². The Balaban J connectivity index is 2.16. The average Bonchev–Trinajstić information content (AvgIpc) is 3.11. The molecule has 1 N–H and O–H groups in total. The number of non-ortho nitro benzene ring substituents is 1. The standard InChI is InChI=1S/C19H25N5O5/c1-4-22(5-2)9-10-23(13-18(25)20-17-11-14(3)29-21-17)19(26)15-7-6-8-16(12-15)24(27)28/h6-8,11-12H,4-5,9-10,13H2,1-3H3,(H,20,21,25). The summed E-state index contributed by atoms with van der Waals surface area (Å²) < 4.78 is 4.92. The van der Waals surface area contributed by atoms with Gasteiger partial charge in [0.05, 0.1) is 4.92 Å². The molecule has 0 aliphatic heterocycles. The Morgan fingerprint density at radius 1 is 1.21 bits per heavy atom. The first kappa shape index (κ1) is 22.0. The van der Waals surface area contributed by atoms with Crippen molar-refractivity contribution in [3.05, 3.63) is 51.8 Å². The van der Waals surface area contributed by atoms with Crippen molar-refractivity contribution in [2.24, 2.45) is 0 Å². The molecule has 0 radical (unpaired) electrons. The zero-order valence-electron chi connectivity index (χ0n) is 16.8. The highest BCUT2D eigenvalue weighted by molar-refractivity contribution is 5.99. The van der Waals surface area contributed by atoms with Crippen LogP contribution in [0.2, 0.25) is 0 Å². The molecule has 2 rings (SSSR count). The number of aryl methyl sites for hydroxylation is 1. The molecule has 2 amide bonds. The van der Waals surface area contributed by atoms with Crippen molar-refractivity contribution in [2.75, 3.05) is 38.0 Å². The smallest absolute Gasteiger partial charge is 0.270 e. The summed E-state index contributed by atoms with van der Waals surface area (Å²) in [4.78, 5) is 39.3. The molecule has 0 fully saturated rings. The van der Waals surface area contributed by atoms with E-state index in [2.05, 4.69) is 15.4 Å². The number of anilines is 1. The topological polar surface area (TPSA) is 122 Å². The molecular formula is C19H25N5O5. The molecule has 0 spiro atoms. The molecule has 29 heavy (non-hydrogen) atoms. The van der Waals surface area contributed by atoms with Crippen molar-refractivity contribution >= 4 is 23.3 Å². The maximum Gasteiger partial charge on any atom is 0.270 e. The van der Waals surface area contributed by atoms with Gasteiger partial charge in [-0.15, -0.1) is 0 Å². The van der Waals surface area contributed by atoms with Crippen LogP contribution in [0.3, 0.4) is 0 Å². The first-order valence-electron chi connectivity index (χ1n) is 9.33. The monoisotopic (exact) mass is 403 g/mol. The fraction of sp³-hybridized carbons (Fsp3) is 0.421. The third-order valence-corrected chi connectivity index (χ3v) is 4.40. The lowest BCUT2D eigenvalue weighted by Gasteiger charge is -2.26. The van der Waals surface area contributed by atoms with Gasteiger partial charge in [0.15, 0.2) is 5.82 Å². The van der Waals surface area contributed by atoms with Gasteiger partial charge in [0, 0.05) is 36.9 Å². The molecule has 0 aliphatic carbocycles. The summed E-state index contributed by atoms with van der Waals surface area (Å²) in [5.41, 5.74) is -0.0223. The van der Waals surface area contributed by atoms with Crippen LogP contribution in [-0.4, -0.2) is 64.4 Å². The van der Waals surface area contributed by atoms with Crippen LogP contribution in [0.25, 0.3) is 0 Å². The first-order valence-corrected chi connectivity index (χ1v) is 9.33. The minimum absolute atomic E-state index is 0.156. The summed E-state index contributed by atoms with van der Waals surface area (Å²) in [6.07, 6.45) is 0. The van der Waals surface area contributed by atoms with Gasteiger partial charge in [-0.1, -0.05) is 25.1 Å². The van der Waals surface area contributed by atoms with Crippen LogP contribution in [0.4, 0.5) is 11.5 Å². The second-order valence-electron chi connectivity index (χ2n) is 6.43. The Kier molecular flexibility index (Phi) is 7.84. The Bertz CT molecular complexity index is 862. The number of nitro benzene ring substituents is 1. The summed E-state index contributed by atoms with van der Waals surface area (Å²) in [7, 11) is 0. The number of nitrogens with one attached hydrogen (secondary N) is 1. The summed E-state index contributed by atoms with van der Waals surface area (Å²) in [5, 5.41) is 17.3. The van der Waals surface area contributed by atoms with E-state index in [4.69, 9.17) is 4.52 Å². The lowest BCUT2D eigenvalue weighted by molar-refractivity contribution is -0.384. The van der Waals surface area contributed by atoms with Crippen LogP contribution in [0.15, 0.2) is 34.9 Å². The number of nitro groups is 1. The molecule has 1 aromatic heterocycles. The van der Waals surface area contributed by atoms with E-state index in [-0.39, 0.29) is 23.6 Å². The van der Waals surface area contributed by atoms with Crippen LogP contribution >= 0.6 is 0 Å². The van der Waals surface area contributed by atoms with Gasteiger partial charge in [0.2, 0.25) is 5.91 Å². The highest BCUT2D eigenvalue weighted by Crippen LogP contribution is 2.15. The maximum absolute atomic E-state index is 13.0. The molecule has 0 atom stereocenters. The number of amides is 2. The Hall–Kier alpha value is -3.27. The zero-order valence-corrected chi connectivity index (χ0v) is 16.8. The average molecular weight is 403 g/mol. The predicted molar refractivity (Wildman–Crippen MR) is 107 cm³/mol. The largest absolute Gasteiger partial charge is 0.360 e. The molecule has 10 heteroatoms. The minimum atomic E-state index is -0.559. The lowest BCUT2D eigenvalue weighted by Crippen LogP contribution is -2.42. The van der Waals surface area contributed by atoms with Crippen molar-refractivity contribution in [1.82, 2.24) is 15.0 Å². The fourth-order valence-corrected chi connectivity index (χ4v) is 2.77. The van der Waals surface area contributed by atoms with E-state index in [0.29, 0.717) is 18.8 Å². The third kappa shape index (κ3) is 6.39. The van der Waals surface area contributed by atoms with E-state index >= 15 is 0 Å². The molecule has 10 nitrogen and oxygen atoms in total. The number of nitrogens with zero attached hydrogens (tertiary/aromatic N) is 4. The molecule has 0 saturated carbocycles. The quantitative estimate of drug-likeness (QED) is 0.477. The number of carbonyl (C=O) groups excluding carboxylic acids is 2. The summed E-state index contributed by atoms with van der Waals surface area (Å²) in [6.45, 7) is 7.99. The van der Waals surface area contributed by atoms with E-state index in [1.165, 1.54) is 29.2 Å². The second kappa shape index (κ2) is 10.3. The van der Waals surface area contributed by atoms with E-state index in [1.54, 1.807) is 13.0 Å². The van der Waals surface area contributed by atoms with Crippen LogP contribution in [0, 0.1) is 17.0 Å². The second-order valence-corrected chi connectivity index (χ2v) is 6.43. The van der Waals surface area contributed by atoms with Crippen LogP contribution < -0.4 is 5.32 Å². The van der Waals surface area contributed by atoms with E-state index in [1.807, 2.05) is 13.8 Å². The van der Waals surface area contributed by atoms with E-state index in [9.17, 15) is 19.7 Å². The van der Waals surface area contributed by atoms with Gasteiger partial charge in [0.1, 0.15) is 12.3 Å². The molecule has 0 bridgehead atoms. The van der Waals surface area contributed by atoms with Crippen molar-refractivity contribution < 1.29 is 19.0 Å². The summed E-state index contributed by atoms with van der Waals surface area (Å²) in [5.74, 6) is -0.0747. The van der Waals surface area contributed by atoms with Gasteiger partial charge in [-0.25, -0.2) is 0 Å². The highest BCUT2D eigenvalue weighted by Gasteiger charge is 2.21. The van der Waals surface area contributed by atoms with Gasteiger partial charge >= 0.3 is 0 Å². The van der Waals surface area contributed by atoms with Crippen molar-refractivity contribution in [2.45, 2.75) is 20.8 Å². The predicted octanol–water partition coefficient (Wildman–Crippen LogP) is 2.31. The lowest BCUT2D eigenvalue weighted by atomic mass is 10.1. The van der Waals surface area contributed by atoms with Gasteiger partial charge in [0.25, 0.3) is 11.6 Å². The number of likely N-dealkylation sites (N-methyl/N-ethyl adjacent to an activating group) is 1. The number of rotatable bonds is 10. The van der Waals surface area contributed by atoms with Crippen molar-refractivity contribution in [3.63, 3.8) is 0 Å². The van der Waals surface area contributed by atoms with Gasteiger partial charge in [-0.05, 0) is 26.1 Å². The normalized spacial score (nSPS) is 10.8.